The molecule has 2 N–H and O–H groups in total. The summed E-state index contributed by atoms with van der Waals surface area (Å²) in [5, 5.41) is 9.00. The Hall–Kier alpha value is -3.43. The van der Waals surface area contributed by atoms with Gasteiger partial charge in [0.25, 0.3) is 5.91 Å². The van der Waals surface area contributed by atoms with Crippen LogP contribution in [0.4, 0.5) is 33.5 Å². The molecule has 1 aromatic heterocycles. The highest BCUT2D eigenvalue weighted by Crippen LogP contribution is 2.43. The Morgan fingerprint density at radius 1 is 1.13 bits per heavy atom. The number of aromatic nitrogens is 2. The zero-order valence-electron chi connectivity index (χ0n) is 16.2. The van der Waals surface area contributed by atoms with Gasteiger partial charge in [0.15, 0.2) is 11.7 Å². The summed E-state index contributed by atoms with van der Waals surface area (Å²) in [6, 6.07) is 8.25. The van der Waals surface area contributed by atoms with Crippen LogP contribution in [0.1, 0.15) is 40.1 Å². The van der Waals surface area contributed by atoms with Crippen LogP contribution in [0.3, 0.4) is 0 Å². The molecule has 0 saturated heterocycles. The minimum absolute atomic E-state index is 0.0175. The number of hydrogen-bond donors (Lipinski definition) is 2. The summed E-state index contributed by atoms with van der Waals surface area (Å²) in [5.41, 5.74) is 1.01. The average molecular weight is 436 g/mol. The Morgan fingerprint density at radius 3 is 2.48 bits per heavy atom. The molecule has 0 aliphatic carbocycles. The Morgan fingerprint density at radius 2 is 1.84 bits per heavy atom. The topological polar surface area (TPSA) is 59.0 Å². The van der Waals surface area contributed by atoms with Crippen LogP contribution in [0, 0.1) is 18.6 Å². The first-order valence-electron chi connectivity index (χ1n) is 9.37. The minimum atomic E-state index is -4.59. The van der Waals surface area contributed by atoms with Crippen LogP contribution >= 0.6 is 0 Å². The minimum Gasteiger partial charge on any atom is -0.363 e. The van der Waals surface area contributed by atoms with Crippen LogP contribution in [0.2, 0.25) is 0 Å². The van der Waals surface area contributed by atoms with Crippen molar-refractivity contribution in [2.75, 3.05) is 10.6 Å². The fraction of sp³-hybridized carbons (Fsp3) is 0.238. The second kappa shape index (κ2) is 7.68. The van der Waals surface area contributed by atoms with Crippen molar-refractivity contribution < 1.29 is 26.7 Å². The maximum absolute atomic E-state index is 13.8. The molecule has 0 unspecified atom stereocenters. The average Bonchev–Trinajstić information content (AvgIpc) is 3.13. The van der Waals surface area contributed by atoms with Gasteiger partial charge in [0, 0.05) is 18.6 Å². The molecule has 0 radical (unpaired) electrons. The molecule has 0 spiro atoms. The predicted molar refractivity (Wildman–Crippen MR) is 104 cm³/mol. The normalized spacial score (nSPS) is 18.3. The van der Waals surface area contributed by atoms with Crippen molar-refractivity contribution in [3.05, 3.63) is 77.0 Å². The number of nitrogens with one attached hydrogen (secondary N) is 2. The van der Waals surface area contributed by atoms with Crippen molar-refractivity contribution in [2.45, 2.75) is 31.6 Å². The van der Waals surface area contributed by atoms with Gasteiger partial charge in [0.05, 0.1) is 11.7 Å². The van der Waals surface area contributed by atoms with E-state index in [0.29, 0.717) is 11.6 Å². The molecule has 2 atom stereocenters. The summed E-state index contributed by atoms with van der Waals surface area (Å²) in [7, 11) is 0. The van der Waals surface area contributed by atoms with Crippen LogP contribution in [0.5, 0.6) is 0 Å². The van der Waals surface area contributed by atoms with E-state index in [1.165, 1.54) is 6.07 Å². The molecule has 1 amide bonds. The maximum atomic E-state index is 13.8. The Bertz CT molecular complexity index is 1120. The van der Waals surface area contributed by atoms with Gasteiger partial charge < -0.3 is 10.6 Å². The van der Waals surface area contributed by atoms with Crippen molar-refractivity contribution in [3.63, 3.8) is 0 Å². The van der Waals surface area contributed by atoms with E-state index >= 15 is 0 Å². The third-order valence-corrected chi connectivity index (χ3v) is 5.08. The van der Waals surface area contributed by atoms with Gasteiger partial charge in [-0.2, -0.15) is 18.3 Å². The highest BCUT2D eigenvalue weighted by Gasteiger charge is 2.46. The van der Waals surface area contributed by atoms with Gasteiger partial charge in [0.1, 0.15) is 17.5 Å². The molecular formula is C21H17F5N4O. The number of amides is 1. The molecular weight excluding hydrogens is 419 g/mol. The lowest BCUT2D eigenvalue weighted by molar-refractivity contribution is -0.173. The van der Waals surface area contributed by atoms with Gasteiger partial charge in [-0.1, -0.05) is 29.8 Å². The van der Waals surface area contributed by atoms with E-state index in [0.717, 1.165) is 22.4 Å². The molecule has 0 fully saturated rings. The molecule has 10 heteroatoms. The Labute approximate surface area is 173 Å². The highest BCUT2D eigenvalue weighted by molar-refractivity contribution is 6.03. The first-order valence-corrected chi connectivity index (χ1v) is 9.37. The molecule has 162 valence electrons. The van der Waals surface area contributed by atoms with E-state index in [1.807, 2.05) is 19.1 Å². The SMILES string of the molecule is Cc1ccc([C@@H]2C[C@@H](C(F)(F)F)n3nc(C(=O)Nc4ccc(F)cc4F)cc3N2)cc1. The maximum Gasteiger partial charge on any atom is 0.410 e. The van der Waals surface area contributed by atoms with Crippen LogP contribution in [-0.4, -0.2) is 21.9 Å². The van der Waals surface area contributed by atoms with Crippen molar-refractivity contribution >= 4 is 17.4 Å². The van der Waals surface area contributed by atoms with E-state index in [9.17, 15) is 26.7 Å². The lowest BCUT2D eigenvalue weighted by Gasteiger charge is -2.33. The number of nitrogens with zero attached hydrogens (tertiary/aromatic N) is 2. The van der Waals surface area contributed by atoms with E-state index in [2.05, 4.69) is 15.7 Å². The number of anilines is 2. The highest BCUT2D eigenvalue weighted by atomic mass is 19.4. The number of halogens is 5. The van der Waals surface area contributed by atoms with Crippen LogP contribution in [-0.2, 0) is 0 Å². The van der Waals surface area contributed by atoms with Gasteiger partial charge in [-0.05, 0) is 24.6 Å². The van der Waals surface area contributed by atoms with Crippen LogP contribution in [0.15, 0.2) is 48.5 Å². The van der Waals surface area contributed by atoms with Crippen molar-refractivity contribution in [3.8, 4) is 0 Å². The number of fused-ring (bicyclic) bond motifs is 1. The van der Waals surface area contributed by atoms with Crippen LogP contribution < -0.4 is 10.6 Å². The Kier molecular flexibility index (Phi) is 5.16. The van der Waals surface area contributed by atoms with E-state index in [-0.39, 0.29) is 23.6 Å². The fourth-order valence-corrected chi connectivity index (χ4v) is 3.48. The number of aryl methyl sites for hydroxylation is 1. The first-order chi connectivity index (χ1) is 14.6. The standard InChI is InChI=1S/C21H17F5N4O/c1-11-2-4-12(5-3-11)16-9-18(21(24,25)26)30-19(27-16)10-17(29-30)20(31)28-15-7-6-13(22)8-14(15)23/h2-8,10,16,18,27H,9H2,1H3,(H,28,31)/t16-,18-/m0/s1. The quantitative estimate of drug-likeness (QED) is 0.542. The van der Waals surface area contributed by atoms with Gasteiger partial charge in [-0.15, -0.1) is 0 Å². The molecule has 5 nitrogen and oxygen atoms in total. The van der Waals surface area contributed by atoms with Gasteiger partial charge in [-0.3, -0.25) is 4.79 Å². The molecule has 3 aromatic rings. The monoisotopic (exact) mass is 436 g/mol. The molecule has 1 aliphatic heterocycles. The number of hydrogen-bond acceptors (Lipinski definition) is 3. The number of rotatable bonds is 3. The molecule has 4 rings (SSSR count). The van der Waals surface area contributed by atoms with E-state index < -0.39 is 35.8 Å². The summed E-state index contributed by atoms with van der Waals surface area (Å²) in [6.07, 6.45) is -4.91. The van der Waals surface area contributed by atoms with Crippen molar-refractivity contribution in [1.82, 2.24) is 9.78 Å². The summed E-state index contributed by atoms with van der Waals surface area (Å²) in [4.78, 5) is 12.5. The predicted octanol–water partition coefficient (Wildman–Crippen LogP) is 5.38. The zero-order chi connectivity index (χ0) is 22.3. The zero-order valence-corrected chi connectivity index (χ0v) is 16.2. The largest absolute Gasteiger partial charge is 0.410 e. The van der Waals surface area contributed by atoms with Crippen molar-refractivity contribution in [2.24, 2.45) is 0 Å². The molecule has 0 saturated carbocycles. The number of alkyl halides is 3. The van der Waals surface area contributed by atoms with Gasteiger partial charge >= 0.3 is 6.18 Å². The second-order valence-corrected chi connectivity index (χ2v) is 7.34. The molecule has 1 aliphatic rings. The number of benzene rings is 2. The first kappa shape index (κ1) is 20.8. The summed E-state index contributed by atoms with van der Waals surface area (Å²) in [6.45, 7) is 1.88. The fourth-order valence-electron chi connectivity index (χ4n) is 3.48. The molecule has 0 bridgehead atoms. The molecule has 2 aromatic carbocycles. The number of carbonyl (C=O) groups is 1. The third-order valence-electron chi connectivity index (χ3n) is 5.08. The second-order valence-electron chi connectivity index (χ2n) is 7.34. The van der Waals surface area contributed by atoms with Gasteiger partial charge in [-0.25, -0.2) is 13.5 Å². The molecule has 31 heavy (non-hydrogen) atoms. The summed E-state index contributed by atoms with van der Waals surface area (Å²) in [5.74, 6) is -2.73. The van der Waals surface area contributed by atoms with E-state index in [4.69, 9.17) is 0 Å². The van der Waals surface area contributed by atoms with Gasteiger partial charge in [0.2, 0.25) is 0 Å². The summed E-state index contributed by atoms with van der Waals surface area (Å²) >= 11 is 0. The lowest BCUT2D eigenvalue weighted by Crippen LogP contribution is -2.35. The number of carbonyl (C=O) groups excluding carboxylic acids is 1. The lowest BCUT2D eigenvalue weighted by atomic mass is 9.96. The third kappa shape index (κ3) is 4.23. The Balaban J connectivity index is 1.64. The smallest absolute Gasteiger partial charge is 0.363 e. The van der Waals surface area contributed by atoms with Crippen LogP contribution in [0.25, 0.3) is 0 Å². The molecule has 2 heterocycles. The van der Waals surface area contributed by atoms with E-state index in [1.54, 1.807) is 12.1 Å². The van der Waals surface area contributed by atoms with Crippen molar-refractivity contribution in [1.29, 1.82) is 0 Å². The summed E-state index contributed by atoms with van der Waals surface area (Å²) < 4.78 is 68.8.